The fourth-order valence-corrected chi connectivity index (χ4v) is 4.58. The van der Waals surface area contributed by atoms with E-state index in [2.05, 4.69) is 15.4 Å². The lowest BCUT2D eigenvalue weighted by molar-refractivity contribution is 0.0518. The van der Waals surface area contributed by atoms with Crippen molar-refractivity contribution in [3.8, 4) is 11.6 Å². The quantitative estimate of drug-likeness (QED) is 0.262. The Hall–Kier alpha value is -3.70. The SMILES string of the molecule is CCOC(=O)c1cc2c(NN)nc(-c3ccc(C)o3)nc2n1S(=O)(=O)c1ccccc1. The number of esters is 1. The van der Waals surface area contributed by atoms with E-state index in [0.717, 1.165) is 3.97 Å². The van der Waals surface area contributed by atoms with Gasteiger partial charge >= 0.3 is 5.97 Å². The minimum absolute atomic E-state index is 0.0192. The Morgan fingerprint density at radius 3 is 2.55 bits per heavy atom. The number of furan rings is 1. The monoisotopic (exact) mass is 441 g/mol. The summed E-state index contributed by atoms with van der Waals surface area (Å²) in [5.74, 6) is 5.99. The number of ether oxygens (including phenoxy) is 1. The maximum atomic E-state index is 13.5. The van der Waals surface area contributed by atoms with Crippen molar-refractivity contribution in [3.63, 3.8) is 0 Å². The number of nitrogens with one attached hydrogen (secondary N) is 1. The molecule has 3 aromatic heterocycles. The van der Waals surface area contributed by atoms with Crippen LogP contribution in [-0.4, -0.2) is 34.9 Å². The van der Waals surface area contributed by atoms with E-state index in [0.29, 0.717) is 11.5 Å². The van der Waals surface area contributed by atoms with Crippen LogP contribution in [0, 0.1) is 6.92 Å². The molecule has 0 bridgehead atoms. The lowest BCUT2D eigenvalue weighted by atomic mass is 10.3. The second kappa shape index (κ2) is 7.85. The van der Waals surface area contributed by atoms with Crippen LogP contribution in [0.3, 0.4) is 0 Å². The molecule has 10 nitrogen and oxygen atoms in total. The van der Waals surface area contributed by atoms with Crippen molar-refractivity contribution < 1.29 is 22.4 Å². The molecule has 0 atom stereocenters. The number of aromatic nitrogens is 3. The van der Waals surface area contributed by atoms with E-state index in [4.69, 9.17) is 15.0 Å². The number of nitrogens with two attached hydrogens (primary N) is 1. The summed E-state index contributed by atoms with van der Waals surface area (Å²) in [6.07, 6.45) is 0. The molecule has 11 heteroatoms. The van der Waals surface area contributed by atoms with Gasteiger partial charge in [0, 0.05) is 0 Å². The van der Waals surface area contributed by atoms with Gasteiger partial charge in [-0.2, -0.15) is 0 Å². The second-order valence-electron chi connectivity index (χ2n) is 6.52. The molecule has 160 valence electrons. The standard InChI is InChI=1S/C20H19N5O5S/c1-3-29-20(26)15-11-14-17(24-21)22-18(16-10-9-12(2)30-16)23-19(14)25(15)31(27,28)13-7-5-4-6-8-13/h4-11H,3,21H2,1-2H3,(H,22,23,24). The number of carbonyl (C=O) groups is 1. The van der Waals surface area contributed by atoms with Gasteiger partial charge in [-0.25, -0.2) is 33.0 Å². The van der Waals surface area contributed by atoms with Gasteiger partial charge in [-0.15, -0.1) is 0 Å². The maximum Gasteiger partial charge on any atom is 0.356 e. The predicted molar refractivity (Wildman–Crippen MR) is 113 cm³/mol. The third-order valence-corrected chi connectivity index (χ3v) is 6.20. The molecule has 4 aromatic rings. The number of anilines is 1. The van der Waals surface area contributed by atoms with E-state index in [1.165, 1.54) is 18.2 Å². The summed E-state index contributed by atoms with van der Waals surface area (Å²) < 4.78 is 38.5. The molecule has 0 unspecified atom stereocenters. The fraction of sp³-hybridized carbons (Fsp3) is 0.150. The molecule has 3 N–H and O–H groups in total. The summed E-state index contributed by atoms with van der Waals surface area (Å²) in [5, 5.41) is 0.233. The van der Waals surface area contributed by atoms with Crippen LogP contribution in [-0.2, 0) is 14.8 Å². The lowest BCUT2D eigenvalue weighted by Crippen LogP contribution is -2.20. The van der Waals surface area contributed by atoms with Gasteiger partial charge in [0.1, 0.15) is 11.5 Å². The number of hydrogen-bond donors (Lipinski definition) is 2. The first-order valence-corrected chi connectivity index (χ1v) is 10.8. The van der Waals surface area contributed by atoms with Crippen LogP contribution in [0.15, 0.2) is 57.8 Å². The van der Waals surface area contributed by atoms with Crippen molar-refractivity contribution in [2.75, 3.05) is 12.0 Å². The number of nitrogens with zero attached hydrogens (tertiary/aromatic N) is 3. The van der Waals surface area contributed by atoms with Crippen molar-refractivity contribution in [2.45, 2.75) is 18.7 Å². The number of aryl methyl sites for hydroxylation is 1. The van der Waals surface area contributed by atoms with E-state index in [9.17, 15) is 13.2 Å². The maximum absolute atomic E-state index is 13.5. The number of benzene rings is 1. The van der Waals surface area contributed by atoms with Crippen LogP contribution in [0.25, 0.3) is 22.6 Å². The van der Waals surface area contributed by atoms with Gasteiger partial charge in [-0.3, -0.25) is 0 Å². The van der Waals surface area contributed by atoms with Crippen LogP contribution < -0.4 is 11.3 Å². The van der Waals surface area contributed by atoms with Crippen LogP contribution in [0.2, 0.25) is 0 Å². The molecule has 0 radical (unpaired) electrons. The molecule has 0 aliphatic heterocycles. The molecule has 0 spiro atoms. The van der Waals surface area contributed by atoms with Crippen molar-refractivity contribution in [1.82, 2.24) is 13.9 Å². The zero-order valence-corrected chi connectivity index (χ0v) is 17.5. The van der Waals surface area contributed by atoms with E-state index in [1.807, 2.05) is 0 Å². The molecule has 0 saturated carbocycles. The smallest absolute Gasteiger partial charge is 0.356 e. The number of hydrogen-bond acceptors (Lipinski definition) is 9. The molecular formula is C20H19N5O5S. The first-order valence-electron chi connectivity index (χ1n) is 9.31. The summed E-state index contributed by atoms with van der Waals surface area (Å²) >= 11 is 0. The first-order chi connectivity index (χ1) is 14.9. The van der Waals surface area contributed by atoms with E-state index in [1.54, 1.807) is 44.2 Å². The molecule has 4 rings (SSSR count). The third kappa shape index (κ3) is 3.53. The Bertz CT molecular complexity index is 1380. The molecule has 3 heterocycles. The average molecular weight is 441 g/mol. The molecule has 0 amide bonds. The Kier molecular flexibility index (Phi) is 5.21. The minimum atomic E-state index is -4.21. The molecule has 0 fully saturated rings. The molecular weight excluding hydrogens is 422 g/mol. The Morgan fingerprint density at radius 2 is 1.94 bits per heavy atom. The Labute approximate surface area is 177 Å². The summed E-state index contributed by atoms with van der Waals surface area (Å²) in [6, 6.07) is 12.4. The summed E-state index contributed by atoms with van der Waals surface area (Å²) in [4.78, 5) is 21.3. The fourth-order valence-electron chi connectivity index (χ4n) is 3.12. The Morgan fingerprint density at radius 1 is 1.19 bits per heavy atom. The van der Waals surface area contributed by atoms with Gasteiger partial charge in [-0.1, -0.05) is 18.2 Å². The number of hydrazine groups is 1. The van der Waals surface area contributed by atoms with Crippen molar-refractivity contribution >= 4 is 32.8 Å². The molecule has 0 aliphatic rings. The van der Waals surface area contributed by atoms with Crippen molar-refractivity contribution in [3.05, 3.63) is 60.0 Å². The third-order valence-electron chi connectivity index (χ3n) is 4.48. The second-order valence-corrected chi connectivity index (χ2v) is 8.31. The highest BCUT2D eigenvalue weighted by atomic mass is 32.2. The van der Waals surface area contributed by atoms with Crippen LogP contribution in [0.4, 0.5) is 5.82 Å². The zero-order chi connectivity index (χ0) is 22.2. The minimum Gasteiger partial charge on any atom is -0.461 e. The van der Waals surface area contributed by atoms with Gasteiger partial charge in [0.25, 0.3) is 10.0 Å². The topological polar surface area (TPSA) is 142 Å². The largest absolute Gasteiger partial charge is 0.461 e. The van der Waals surface area contributed by atoms with Crippen molar-refractivity contribution in [1.29, 1.82) is 0 Å². The van der Waals surface area contributed by atoms with Crippen LogP contribution >= 0.6 is 0 Å². The highest BCUT2D eigenvalue weighted by Gasteiger charge is 2.30. The normalized spacial score (nSPS) is 11.6. The number of nitrogen functional groups attached to an aromatic ring is 1. The average Bonchev–Trinajstić information content (AvgIpc) is 3.38. The lowest BCUT2D eigenvalue weighted by Gasteiger charge is -2.11. The van der Waals surface area contributed by atoms with Gasteiger partial charge in [0.2, 0.25) is 0 Å². The number of rotatable bonds is 6. The van der Waals surface area contributed by atoms with E-state index < -0.39 is 16.0 Å². The van der Waals surface area contributed by atoms with Crippen molar-refractivity contribution in [2.24, 2.45) is 5.84 Å². The van der Waals surface area contributed by atoms with Crippen LogP contribution in [0.5, 0.6) is 0 Å². The van der Waals surface area contributed by atoms with Gasteiger partial charge < -0.3 is 14.6 Å². The highest BCUT2D eigenvalue weighted by molar-refractivity contribution is 7.90. The number of fused-ring (bicyclic) bond motifs is 1. The zero-order valence-electron chi connectivity index (χ0n) is 16.7. The summed E-state index contributed by atoms with van der Waals surface area (Å²) in [7, 11) is -4.21. The molecule has 31 heavy (non-hydrogen) atoms. The molecule has 1 aromatic carbocycles. The van der Waals surface area contributed by atoms with Gasteiger partial charge in [0.15, 0.2) is 23.0 Å². The van der Waals surface area contributed by atoms with E-state index in [-0.39, 0.29) is 39.9 Å². The predicted octanol–water partition coefficient (Wildman–Crippen LogP) is 2.70. The van der Waals surface area contributed by atoms with E-state index >= 15 is 0 Å². The molecule has 0 saturated heterocycles. The molecule has 0 aliphatic carbocycles. The first kappa shape index (κ1) is 20.6. The summed E-state index contributed by atoms with van der Waals surface area (Å²) in [5.41, 5.74) is 2.17. The summed E-state index contributed by atoms with van der Waals surface area (Å²) in [6.45, 7) is 3.45. The Balaban J connectivity index is 2.08. The van der Waals surface area contributed by atoms with Gasteiger partial charge in [0.05, 0.1) is 16.9 Å². The van der Waals surface area contributed by atoms with Crippen LogP contribution in [0.1, 0.15) is 23.2 Å². The highest BCUT2D eigenvalue weighted by Crippen LogP contribution is 2.31. The van der Waals surface area contributed by atoms with Gasteiger partial charge in [-0.05, 0) is 44.2 Å². The number of carbonyl (C=O) groups excluding carboxylic acids is 1.